The predicted molar refractivity (Wildman–Crippen MR) is 47.8 cm³/mol. The van der Waals surface area contributed by atoms with E-state index in [4.69, 9.17) is 11.6 Å². The number of esters is 1. The Hall–Kier alpha value is -0.620. The van der Waals surface area contributed by atoms with E-state index in [2.05, 4.69) is 4.74 Å². The fourth-order valence-corrected chi connectivity index (χ4v) is 1.54. The highest BCUT2D eigenvalue weighted by atomic mass is 35.5. The molecule has 0 radical (unpaired) electrons. The Kier molecular flexibility index (Phi) is 3.49. The summed E-state index contributed by atoms with van der Waals surface area (Å²) in [5.74, 6) is -0.727. The van der Waals surface area contributed by atoms with E-state index in [1.165, 1.54) is 0 Å². The average Bonchev–Trinajstić information content (AvgIpc) is 2.19. The van der Waals surface area contributed by atoms with Gasteiger partial charge in [0.05, 0.1) is 18.1 Å². The molecule has 0 aliphatic heterocycles. The number of alkyl halides is 1. The minimum absolute atomic E-state index is 0.0422. The highest BCUT2D eigenvalue weighted by Crippen LogP contribution is 2.25. The standard InChI is InChI=1S/C8H11ClO5/c1-14-8(13)3-2-4(10)6(11)7(12)5(3)9/h2,4-7,10-12H,1H3/t4-,5+,6-,7+/m1/s1. The van der Waals surface area contributed by atoms with Gasteiger partial charge in [-0.15, -0.1) is 11.6 Å². The zero-order valence-electron chi connectivity index (χ0n) is 7.42. The Morgan fingerprint density at radius 1 is 1.43 bits per heavy atom. The molecule has 0 spiro atoms. The lowest BCUT2D eigenvalue weighted by Gasteiger charge is -2.30. The van der Waals surface area contributed by atoms with Crippen LogP contribution in [0.15, 0.2) is 11.6 Å². The van der Waals surface area contributed by atoms with Crippen LogP contribution in [0.3, 0.4) is 0 Å². The van der Waals surface area contributed by atoms with Crippen LogP contribution in [0.1, 0.15) is 0 Å². The molecule has 0 fully saturated rings. The van der Waals surface area contributed by atoms with Crippen LogP contribution in [0.25, 0.3) is 0 Å². The second kappa shape index (κ2) is 4.27. The van der Waals surface area contributed by atoms with Crippen LogP contribution < -0.4 is 0 Å². The fraction of sp³-hybridized carbons (Fsp3) is 0.625. The van der Waals surface area contributed by atoms with Crippen LogP contribution in [0.2, 0.25) is 0 Å². The third-order valence-corrected chi connectivity index (χ3v) is 2.56. The molecule has 1 aliphatic rings. The number of ether oxygens (including phenoxy) is 1. The molecule has 0 amide bonds. The van der Waals surface area contributed by atoms with Crippen LogP contribution in [0, 0.1) is 0 Å². The van der Waals surface area contributed by atoms with Crippen molar-refractivity contribution in [3.63, 3.8) is 0 Å². The fourth-order valence-electron chi connectivity index (χ4n) is 1.23. The topological polar surface area (TPSA) is 87.0 Å². The molecule has 0 aromatic heterocycles. The average molecular weight is 223 g/mol. The number of methoxy groups -OCH3 is 1. The summed E-state index contributed by atoms with van der Waals surface area (Å²) < 4.78 is 4.40. The van der Waals surface area contributed by atoms with Crippen molar-refractivity contribution in [1.82, 2.24) is 0 Å². The summed E-state index contributed by atoms with van der Waals surface area (Å²) in [6.07, 6.45) is -2.99. The van der Waals surface area contributed by atoms with Gasteiger partial charge < -0.3 is 20.1 Å². The third kappa shape index (κ3) is 1.90. The van der Waals surface area contributed by atoms with Gasteiger partial charge in [-0.3, -0.25) is 0 Å². The number of rotatable bonds is 1. The number of hydrogen-bond acceptors (Lipinski definition) is 5. The van der Waals surface area contributed by atoms with Crippen LogP contribution in [-0.4, -0.2) is 52.1 Å². The maximum Gasteiger partial charge on any atom is 0.335 e. The SMILES string of the molecule is COC(=O)C1=C[C@@H](O)[C@@H](O)[C@@H](O)[C@H]1Cl. The number of halogens is 1. The molecule has 0 unspecified atom stereocenters. The van der Waals surface area contributed by atoms with Gasteiger partial charge in [-0.25, -0.2) is 4.79 Å². The van der Waals surface area contributed by atoms with E-state index >= 15 is 0 Å². The van der Waals surface area contributed by atoms with Crippen LogP contribution in [0.5, 0.6) is 0 Å². The van der Waals surface area contributed by atoms with Crippen LogP contribution >= 0.6 is 11.6 Å². The minimum Gasteiger partial charge on any atom is -0.466 e. The van der Waals surface area contributed by atoms with Crippen molar-refractivity contribution in [2.75, 3.05) is 7.11 Å². The van der Waals surface area contributed by atoms with Crippen LogP contribution in [-0.2, 0) is 9.53 Å². The molecule has 4 atom stereocenters. The maximum atomic E-state index is 11.1. The Morgan fingerprint density at radius 3 is 2.50 bits per heavy atom. The zero-order chi connectivity index (χ0) is 10.9. The zero-order valence-corrected chi connectivity index (χ0v) is 8.18. The van der Waals surface area contributed by atoms with E-state index in [9.17, 15) is 20.1 Å². The van der Waals surface area contributed by atoms with Crippen molar-refractivity contribution in [3.8, 4) is 0 Å². The van der Waals surface area contributed by atoms with Crippen molar-refractivity contribution in [2.24, 2.45) is 0 Å². The lowest BCUT2D eigenvalue weighted by molar-refractivity contribution is -0.137. The first-order valence-corrected chi connectivity index (χ1v) is 4.41. The van der Waals surface area contributed by atoms with Gasteiger partial charge in [-0.1, -0.05) is 0 Å². The predicted octanol–water partition coefficient (Wildman–Crippen LogP) is -1.21. The van der Waals surface area contributed by atoms with Crippen molar-refractivity contribution in [1.29, 1.82) is 0 Å². The van der Waals surface area contributed by atoms with E-state index in [0.29, 0.717) is 0 Å². The molecule has 14 heavy (non-hydrogen) atoms. The maximum absolute atomic E-state index is 11.1. The largest absolute Gasteiger partial charge is 0.466 e. The van der Waals surface area contributed by atoms with E-state index < -0.39 is 29.7 Å². The summed E-state index contributed by atoms with van der Waals surface area (Å²) in [4.78, 5) is 11.1. The van der Waals surface area contributed by atoms with Gasteiger partial charge >= 0.3 is 5.97 Å². The Balaban J connectivity index is 2.95. The molecule has 3 N–H and O–H groups in total. The number of aliphatic hydroxyl groups is 3. The molecule has 0 saturated carbocycles. The summed E-state index contributed by atoms with van der Waals surface area (Å²) >= 11 is 5.68. The first-order chi connectivity index (χ1) is 6.49. The Labute approximate surface area is 85.6 Å². The number of carbonyl (C=O) groups excluding carboxylic acids is 1. The quantitative estimate of drug-likeness (QED) is 0.383. The number of aliphatic hydroxyl groups excluding tert-OH is 3. The molecule has 0 heterocycles. The number of hydrogen-bond donors (Lipinski definition) is 3. The molecule has 0 aromatic rings. The lowest BCUT2D eigenvalue weighted by atomic mass is 9.92. The Morgan fingerprint density at radius 2 is 2.00 bits per heavy atom. The molecule has 0 aromatic carbocycles. The van der Waals surface area contributed by atoms with E-state index in [1.54, 1.807) is 0 Å². The summed E-state index contributed by atoms with van der Waals surface area (Å²) in [5.41, 5.74) is -0.0422. The van der Waals surface area contributed by atoms with E-state index in [1.807, 2.05) is 0 Å². The lowest BCUT2D eigenvalue weighted by Crippen LogP contribution is -2.47. The van der Waals surface area contributed by atoms with Crippen molar-refractivity contribution < 1.29 is 24.9 Å². The van der Waals surface area contributed by atoms with Gasteiger partial charge in [0.2, 0.25) is 0 Å². The van der Waals surface area contributed by atoms with E-state index in [0.717, 1.165) is 13.2 Å². The highest BCUT2D eigenvalue weighted by Gasteiger charge is 2.39. The summed E-state index contributed by atoms with van der Waals surface area (Å²) in [7, 11) is 1.16. The van der Waals surface area contributed by atoms with Gasteiger partial charge in [0.25, 0.3) is 0 Å². The normalized spacial score (nSPS) is 37.6. The molecule has 1 aliphatic carbocycles. The number of carbonyl (C=O) groups is 1. The van der Waals surface area contributed by atoms with Crippen molar-refractivity contribution >= 4 is 17.6 Å². The highest BCUT2D eigenvalue weighted by molar-refractivity contribution is 6.25. The van der Waals surface area contributed by atoms with Crippen LogP contribution in [0.4, 0.5) is 0 Å². The van der Waals surface area contributed by atoms with Gasteiger partial charge in [0.15, 0.2) is 0 Å². The molecule has 80 valence electrons. The molecular weight excluding hydrogens is 212 g/mol. The summed E-state index contributed by atoms with van der Waals surface area (Å²) in [6.45, 7) is 0. The third-order valence-electron chi connectivity index (χ3n) is 2.07. The van der Waals surface area contributed by atoms with E-state index in [-0.39, 0.29) is 5.57 Å². The van der Waals surface area contributed by atoms with Crippen molar-refractivity contribution in [2.45, 2.75) is 23.7 Å². The molecule has 0 bridgehead atoms. The van der Waals surface area contributed by atoms with Gasteiger partial charge in [0, 0.05) is 0 Å². The summed E-state index contributed by atoms with van der Waals surface area (Å²) in [6, 6.07) is 0. The van der Waals surface area contributed by atoms with Gasteiger partial charge in [-0.2, -0.15) is 0 Å². The second-order valence-electron chi connectivity index (χ2n) is 2.99. The first-order valence-electron chi connectivity index (χ1n) is 3.97. The Bertz CT molecular complexity index is 264. The first kappa shape index (κ1) is 11.5. The smallest absolute Gasteiger partial charge is 0.335 e. The van der Waals surface area contributed by atoms with Crippen molar-refractivity contribution in [3.05, 3.63) is 11.6 Å². The molecule has 1 rings (SSSR count). The van der Waals surface area contributed by atoms with Gasteiger partial charge in [0.1, 0.15) is 18.3 Å². The molecular formula is C8H11ClO5. The monoisotopic (exact) mass is 222 g/mol. The molecule has 5 nitrogen and oxygen atoms in total. The molecule has 6 heteroatoms. The second-order valence-corrected chi connectivity index (χ2v) is 3.46. The summed E-state index contributed by atoms with van der Waals surface area (Å²) in [5, 5.41) is 26.7. The van der Waals surface area contributed by atoms with Gasteiger partial charge in [-0.05, 0) is 6.08 Å². The minimum atomic E-state index is -1.38. The molecule has 0 saturated heterocycles.